The van der Waals surface area contributed by atoms with Crippen LogP contribution in [0, 0.1) is 17.5 Å². The van der Waals surface area contributed by atoms with Gasteiger partial charge in [0, 0.05) is 37.6 Å². The third-order valence-electron chi connectivity index (χ3n) is 4.31. The van der Waals surface area contributed by atoms with Crippen LogP contribution in [0.15, 0.2) is 36.1 Å². The Morgan fingerprint density at radius 2 is 2.00 bits per heavy atom. The summed E-state index contributed by atoms with van der Waals surface area (Å²) in [7, 11) is 0. The molecule has 0 aliphatic carbocycles. The quantitative estimate of drug-likeness (QED) is 0.738. The Morgan fingerprint density at radius 3 is 2.70 bits per heavy atom. The second kappa shape index (κ2) is 5.99. The van der Waals surface area contributed by atoms with E-state index in [2.05, 4.69) is 10.6 Å². The van der Waals surface area contributed by atoms with Crippen LogP contribution in [0.3, 0.4) is 0 Å². The van der Waals surface area contributed by atoms with Crippen LogP contribution in [-0.4, -0.2) is 36.0 Å². The van der Waals surface area contributed by atoms with Crippen molar-refractivity contribution in [1.29, 1.82) is 0 Å². The Balaban J connectivity index is 1.97. The van der Waals surface area contributed by atoms with E-state index in [1.165, 1.54) is 0 Å². The van der Waals surface area contributed by atoms with Crippen LogP contribution in [0.25, 0.3) is 0 Å². The standard InChI is InChI=1S/C16H18F3N3O/c1-10-3-2-4-22(15(10)23)8-16(7-20-9-21-16)11-5-13(18)14(19)6-12(11)17/h2-6,15,20-21,23H,7-9H2,1H3. The fourth-order valence-corrected chi connectivity index (χ4v) is 3.03. The fourth-order valence-electron chi connectivity index (χ4n) is 3.03. The van der Waals surface area contributed by atoms with E-state index in [0.29, 0.717) is 19.3 Å². The minimum atomic E-state index is -1.22. The van der Waals surface area contributed by atoms with Crippen LogP contribution >= 0.6 is 0 Å². The molecular formula is C16H18F3N3O. The van der Waals surface area contributed by atoms with Crippen molar-refractivity contribution in [2.75, 3.05) is 19.8 Å². The van der Waals surface area contributed by atoms with E-state index >= 15 is 0 Å². The van der Waals surface area contributed by atoms with Gasteiger partial charge in [0.25, 0.3) is 0 Å². The number of allylic oxidation sites excluding steroid dienone is 2. The molecule has 0 radical (unpaired) electrons. The first kappa shape index (κ1) is 16.0. The van der Waals surface area contributed by atoms with E-state index in [9.17, 15) is 18.3 Å². The first-order valence-corrected chi connectivity index (χ1v) is 7.32. The largest absolute Gasteiger partial charge is 0.370 e. The average molecular weight is 325 g/mol. The number of benzene rings is 1. The Hall–Kier alpha value is -1.83. The number of nitrogens with one attached hydrogen (secondary N) is 2. The Bertz CT molecular complexity index is 669. The van der Waals surface area contributed by atoms with Crippen molar-refractivity contribution in [3.63, 3.8) is 0 Å². The number of aliphatic hydroxyl groups is 1. The molecule has 4 nitrogen and oxygen atoms in total. The number of halogens is 3. The van der Waals surface area contributed by atoms with Gasteiger partial charge in [0.15, 0.2) is 11.6 Å². The molecule has 0 spiro atoms. The summed E-state index contributed by atoms with van der Waals surface area (Å²) in [6.07, 6.45) is 4.41. The van der Waals surface area contributed by atoms with Crippen molar-refractivity contribution in [3.8, 4) is 0 Å². The van der Waals surface area contributed by atoms with Gasteiger partial charge in [-0.1, -0.05) is 6.08 Å². The van der Waals surface area contributed by atoms with E-state index in [4.69, 9.17) is 0 Å². The first-order valence-electron chi connectivity index (χ1n) is 7.32. The van der Waals surface area contributed by atoms with Gasteiger partial charge >= 0.3 is 0 Å². The molecule has 7 heteroatoms. The predicted molar refractivity (Wildman–Crippen MR) is 79.6 cm³/mol. The summed E-state index contributed by atoms with van der Waals surface area (Å²) in [4.78, 5) is 1.63. The summed E-state index contributed by atoms with van der Waals surface area (Å²) in [5.41, 5.74) is -0.185. The maximum absolute atomic E-state index is 14.3. The van der Waals surface area contributed by atoms with Crippen LogP contribution in [0.1, 0.15) is 12.5 Å². The topological polar surface area (TPSA) is 47.5 Å². The summed E-state index contributed by atoms with van der Waals surface area (Å²) in [5.74, 6) is -3.13. The predicted octanol–water partition coefficient (Wildman–Crippen LogP) is 1.54. The number of rotatable bonds is 3. The number of hydrogen-bond acceptors (Lipinski definition) is 4. The maximum Gasteiger partial charge on any atom is 0.161 e. The lowest BCUT2D eigenvalue weighted by molar-refractivity contribution is 0.0482. The molecule has 0 aromatic heterocycles. The second-order valence-electron chi connectivity index (χ2n) is 5.91. The van der Waals surface area contributed by atoms with E-state index < -0.39 is 29.2 Å². The molecule has 1 saturated heterocycles. The lowest BCUT2D eigenvalue weighted by Gasteiger charge is -2.38. The molecule has 2 unspecified atom stereocenters. The van der Waals surface area contributed by atoms with E-state index in [1.807, 2.05) is 0 Å². The third kappa shape index (κ3) is 2.87. The van der Waals surface area contributed by atoms with Gasteiger partial charge in [0.1, 0.15) is 12.0 Å². The third-order valence-corrected chi connectivity index (χ3v) is 4.31. The highest BCUT2D eigenvalue weighted by molar-refractivity contribution is 5.31. The zero-order valence-electron chi connectivity index (χ0n) is 12.6. The van der Waals surface area contributed by atoms with Crippen LogP contribution in [0.5, 0.6) is 0 Å². The van der Waals surface area contributed by atoms with Gasteiger partial charge in [-0.3, -0.25) is 5.32 Å². The van der Waals surface area contributed by atoms with Gasteiger partial charge in [0.2, 0.25) is 0 Å². The molecule has 1 aromatic carbocycles. The van der Waals surface area contributed by atoms with Crippen LogP contribution in [0.2, 0.25) is 0 Å². The van der Waals surface area contributed by atoms with E-state index in [1.54, 1.807) is 30.2 Å². The molecule has 2 aliphatic heterocycles. The van der Waals surface area contributed by atoms with Crippen molar-refractivity contribution in [2.45, 2.75) is 18.7 Å². The highest BCUT2D eigenvalue weighted by Crippen LogP contribution is 2.30. The molecule has 23 heavy (non-hydrogen) atoms. The lowest BCUT2D eigenvalue weighted by atomic mass is 9.89. The summed E-state index contributed by atoms with van der Waals surface area (Å²) >= 11 is 0. The molecule has 2 atom stereocenters. The van der Waals surface area contributed by atoms with Gasteiger partial charge in [-0.15, -0.1) is 0 Å². The molecular weight excluding hydrogens is 307 g/mol. The molecule has 0 bridgehead atoms. The molecule has 1 fully saturated rings. The van der Waals surface area contributed by atoms with Gasteiger partial charge in [-0.05, 0) is 24.6 Å². The van der Waals surface area contributed by atoms with Gasteiger partial charge < -0.3 is 15.3 Å². The minimum Gasteiger partial charge on any atom is -0.370 e. The van der Waals surface area contributed by atoms with Crippen molar-refractivity contribution < 1.29 is 18.3 Å². The zero-order valence-corrected chi connectivity index (χ0v) is 12.6. The molecule has 124 valence electrons. The second-order valence-corrected chi connectivity index (χ2v) is 5.91. The molecule has 0 amide bonds. The average Bonchev–Trinajstić information content (AvgIpc) is 2.97. The number of aliphatic hydroxyl groups excluding tert-OH is 1. The molecule has 3 N–H and O–H groups in total. The molecule has 0 saturated carbocycles. The van der Waals surface area contributed by atoms with Gasteiger partial charge in [0.05, 0.1) is 5.54 Å². The molecule has 3 rings (SSSR count). The summed E-state index contributed by atoms with van der Waals surface area (Å²) in [5, 5.41) is 16.4. The fraction of sp³-hybridized carbons (Fsp3) is 0.375. The summed E-state index contributed by atoms with van der Waals surface area (Å²) in [6, 6.07) is 1.44. The van der Waals surface area contributed by atoms with E-state index in [0.717, 1.165) is 11.6 Å². The Labute approximate surface area is 132 Å². The molecule has 1 aromatic rings. The maximum atomic E-state index is 14.3. The van der Waals surface area contributed by atoms with Crippen LogP contribution in [0.4, 0.5) is 13.2 Å². The normalized spacial score (nSPS) is 27.4. The lowest BCUT2D eigenvalue weighted by Crippen LogP contribution is -2.51. The zero-order chi connectivity index (χ0) is 16.6. The molecule has 2 aliphatic rings. The number of hydrogen-bond donors (Lipinski definition) is 3. The van der Waals surface area contributed by atoms with Crippen molar-refractivity contribution in [1.82, 2.24) is 15.5 Å². The minimum absolute atomic E-state index is 0.0363. The monoisotopic (exact) mass is 325 g/mol. The van der Waals surface area contributed by atoms with Gasteiger partial charge in [-0.2, -0.15) is 0 Å². The summed E-state index contributed by atoms with van der Waals surface area (Å²) < 4.78 is 41.1. The van der Waals surface area contributed by atoms with Gasteiger partial charge in [-0.25, -0.2) is 13.2 Å². The first-order chi connectivity index (χ1) is 10.9. The van der Waals surface area contributed by atoms with Crippen LogP contribution < -0.4 is 10.6 Å². The van der Waals surface area contributed by atoms with Crippen LogP contribution in [-0.2, 0) is 5.54 Å². The van der Waals surface area contributed by atoms with E-state index in [-0.39, 0.29) is 12.1 Å². The summed E-state index contributed by atoms with van der Waals surface area (Å²) in [6.45, 7) is 2.72. The van der Waals surface area contributed by atoms with Crippen molar-refractivity contribution in [2.24, 2.45) is 0 Å². The van der Waals surface area contributed by atoms with Crippen molar-refractivity contribution in [3.05, 3.63) is 59.1 Å². The van der Waals surface area contributed by atoms with Crippen molar-refractivity contribution >= 4 is 0 Å². The Kier molecular flexibility index (Phi) is 4.18. The smallest absolute Gasteiger partial charge is 0.161 e. The number of nitrogens with zero attached hydrogens (tertiary/aromatic N) is 1. The highest BCUT2D eigenvalue weighted by atomic mass is 19.2. The SMILES string of the molecule is CC1=CC=CN(CC2(c3cc(F)c(F)cc3F)CNCN2)C1O. The highest BCUT2D eigenvalue weighted by Gasteiger charge is 2.40. The molecule has 2 heterocycles. The Morgan fingerprint density at radius 1 is 1.26 bits per heavy atom.